The molecule has 1 fully saturated rings. The Hall–Kier alpha value is -1.58. The smallest absolute Gasteiger partial charge is 0.314 e. The van der Waals surface area contributed by atoms with Crippen molar-refractivity contribution in [1.29, 1.82) is 0 Å². The maximum atomic E-state index is 12.8. The summed E-state index contributed by atoms with van der Waals surface area (Å²) in [4.78, 5) is 11.6. The summed E-state index contributed by atoms with van der Waals surface area (Å²) in [6.07, 6.45) is 8.49. The molecule has 116 valence electrons. The Kier molecular flexibility index (Phi) is 6.51. The van der Waals surface area contributed by atoms with Crippen LogP contribution in [0.2, 0.25) is 0 Å². The minimum atomic E-state index is -0.229. The predicted octanol–water partition coefficient (Wildman–Crippen LogP) is 3.64. The number of nitrogens with one attached hydrogen (secondary N) is 2. The Balaban J connectivity index is 1.54. The van der Waals surface area contributed by atoms with Crippen LogP contribution in [0, 0.1) is 11.7 Å². The molecule has 2 rings (SSSR count). The molecule has 0 unspecified atom stereocenters. The van der Waals surface area contributed by atoms with Gasteiger partial charge in [-0.2, -0.15) is 0 Å². The largest absolute Gasteiger partial charge is 0.338 e. The number of carbonyl (C=O) groups excluding carboxylic acids is 1. The first-order valence-electron chi connectivity index (χ1n) is 8.00. The summed E-state index contributed by atoms with van der Waals surface area (Å²) < 4.78 is 12.8. The van der Waals surface area contributed by atoms with Crippen molar-refractivity contribution >= 4 is 6.03 Å². The molecule has 0 saturated heterocycles. The number of urea groups is 1. The molecule has 1 saturated carbocycles. The van der Waals surface area contributed by atoms with Crippen LogP contribution in [0.4, 0.5) is 9.18 Å². The molecule has 3 nitrogen and oxygen atoms in total. The Morgan fingerprint density at radius 2 is 1.71 bits per heavy atom. The molecule has 1 aliphatic rings. The van der Waals surface area contributed by atoms with Gasteiger partial charge in [0.25, 0.3) is 0 Å². The van der Waals surface area contributed by atoms with E-state index in [9.17, 15) is 9.18 Å². The Bertz CT molecular complexity index is 427. The zero-order valence-electron chi connectivity index (χ0n) is 12.5. The molecule has 0 spiro atoms. The molecule has 0 bridgehead atoms. The quantitative estimate of drug-likeness (QED) is 0.826. The maximum absolute atomic E-state index is 12.8. The van der Waals surface area contributed by atoms with Crippen LogP contribution in [-0.4, -0.2) is 19.1 Å². The van der Waals surface area contributed by atoms with Crippen LogP contribution in [0.5, 0.6) is 0 Å². The molecule has 1 aromatic rings. The van der Waals surface area contributed by atoms with E-state index < -0.39 is 0 Å². The summed E-state index contributed by atoms with van der Waals surface area (Å²) in [6.45, 7) is 1.33. The van der Waals surface area contributed by atoms with Crippen LogP contribution in [0.3, 0.4) is 0 Å². The molecule has 0 radical (unpaired) electrons. The Labute approximate surface area is 126 Å². The van der Waals surface area contributed by atoms with Crippen LogP contribution in [0.25, 0.3) is 0 Å². The van der Waals surface area contributed by atoms with E-state index in [1.165, 1.54) is 44.2 Å². The molecule has 2 amide bonds. The van der Waals surface area contributed by atoms with Gasteiger partial charge in [-0.25, -0.2) is 9.18 Å². The van der Waals surface area contributed by atoms with E-state index in [1.807, 2.05) is 0 Å². The number of benzene rings is 1. The lowest BCUT2D eigenvalue weighted by Gasteiger charge is -2.21. The second kappa shape index (κ2) is 8.65. The predicted molar refractivity (Wildman–Crippen MR) is 82.7 cm³/mol. The molecule has 0 atom stereocenters. The van der Waals surface area contributed by atoms with E-state index in [1.54, 1.807) is 12.1 Å². The molecule has 2 N–H and O–H groups in total. The SMILES string of the molecule is O=C(NCCc1ccc(F)cc1)NCCC1CCCCC1. The van der Waals surface area contributed by atoms with Crippen molar-refractivity contribution in [1.82, 2.24) is 10.6 Å². The van der Waals surface area contributed by atoms with Gasteiger partial charge in [0.2, 0.25) is 0 Å². The topological polar surface area (TPSA) is 41.1 Å². The van der Waals surface area contributed by atoms with Crippen molar-refractivity contribution in [2.24, 2.45) is 5.92 Å². The van der Waals surface area contributed by atoms with Gasteiger partial charge in [-0.15, -0.1) is 0 Å². The van der Waals surface area contributed by atoms with Crippen molar-refractivity contribution in [2.45, 2.75) is 44.9 Å². The number of amides is 2. The van der Waals surface area contributed by atoms with Gasteiger partial charge >= 0.3 is 6.03 Å². The summed E-state index contributed by atoms with van der Waals surface area (Å²) >= 11 is 0. The van der Waals surface area contributed by atoms with Gasteiger partial charge in [0.15, 0.2) is 0 Å². The minimum absolute atomic E-state index is 0.104. The van der Waals surface area contributed by atoms with Crippen molar-refractivity contribution < 1.29 is 9.18 Å². The summed E-state index contributed by atoms with van der Waals surface area (Å²) in [5.74, 6) is 0.561. The molecule has 1 aliphatic carbocycles. The first kappa shape index (κ1) is 15.8. The second-order valence-electron chi connectivity index (χ2n) is 5.85. The number of hydrogen-bond donors (Lipinski definition) is 2. The molecule has 0 heterocycles. The lowest BCUT2D eigenvalue weighted by Crippen LogP contribution is -2.37. The van der Waals surface area contributed by atoms with Crippen LogP contribution in [0.15, 0.2) is 24.3 Å². The average Bonchev–Trinajstić information content (AvgIpc) is 2.50. The fraction of sp³-hybridized carbons (Fsp3) is 0.588. The van der Waals surface area contributed by atoms with Gasteiger partial charge in [0, 0.05) is 13.1 Å². The van der Waals surface area contributed by atoms with Gasteiger partial charge in [0.05, 0.1) is 0 Å². The van der Waals surface area contributed by atoms with Crippen LogP contribution < -0.4 is 10.6 Å². The van der Waals surface area contributed by atoms with E-state index in [0.717, 1.165) is 30.9 Å². The third-order valence-corrected chi connectivity index (χ3v) is 4.18. The molecule has 4 heteroatoms. The third kappa shape index (κ3) is 6.15. The lowest BCUT2D eigenvalue weighted by molar-refractivity contribution is 0.239. The lowest BCUT2D eigenvalue weighted by atomic mass is 9.87. The first-order chi connectivity index (χ1) is 10.2. The molecular formula is C17H25FN2O. The minimum Gasteiger partial charge on any atom is -0.338 e. The highest BCUT2D eigenvalue weighted by Gasteiger charge is 2.13. The Morgan fingerprint density at radius 1 is 1.05 bits per heavy atom. The fourth-order valence-corrected chi connectivity index (χ4v) is 2.90. The summed E-state index contributed by atoms with van der Waals surface area (Å²) in [6, 6.07) is 6.28. The molecular weight excluding hydrogens is 267 g/mol. The third-order valence-electron chi connectivity index (χ3n) is 4.18. The van der Waals surface area contributed by atoms with Gasteiger partial charge in [0.1, 0.15) is 5.82 Å². The average molecular weight is 292 g/mol. The van der Waals surface area contributed by atoms with Crippen molar-refractivity contribution in [3.63, 3.8) is 0 Å². The zero-order valence-corrected chi connectivity index (χ0v) is 12.5. The van der Waals surface area contributed by atoms with E-state index in [2.05, 4.69) is 10.6 Å². The normalized spacial score (nSPS) is 15.7. The standard InChI is InChI=1S/C17H25FN2O/c18-16-8-6-15(7-9-16)11-13-20-17(21)19-12-10-14-4-2-1-3-5-14/h6-9,14H,1-5,10-13H2,(H2,19,20,21). The molecule has 0 aromatic heterocycles. The van der Waals surface area contributed by atoms with E-state index in [4.69, 9.17) is 0 Å². The highest BCUT2D eigenvalue weighted by molar-refractivity contribution is 5.73. The second-order valence-corrected chi connectivity index (χ2v) is 5.85. The van der Waals surface area contributed by atoms with Gasteiger partial charge in [-0.05, 0) is 36.5 Å². The van der Waals surface area contributed by atoms with Gasteiger partial charge in [-0.1, -0.05) is 44.2 Å². The van der Waals surface area contributed by atoms with Gasteiger partial charge < -0.3 is 10.6 Å². The zero-order chi connectivity index (χ0) is 14.9. The van der Waals surface area contributed by atoms with E-state index in [-0.39, 0.29) is 11.8 Å². The number of carbonyl (C=O) groups is 1. The maximum Gasteiger partial charge on any atom is 0.314 e. The van der Waals surface area contributed by atoms with Crippen LogP contribution >= 0.6 is 0 Å². The van der Waals surface area contributed by atoms with Crippen LogP contribution in [0.1, 0.15) is 44.1 Å². The van der Waals surface area contributed by atoms with E-state index in [0.29, 0.717) is 6.54 Å². The van der Waals surface area contributed by atoms with Crippen LogP contribution in [-0.2, 0) is 6.42 Å². The number of halogens is 1. The highest BCUT2D eigenvalue weighted by Crippen LogP contribution is 2.25. The molecule has 0 aliphatic heterocycles. The summed E-state index contributed by atoms with van der Waals surface area (Å²) in [5, 5.41) is 5.75. The monoisotopic (exact) mass is 292 g/mol. The highest BCUT2D eigenvalue weighted by atomic mass is 19.1. The number of hydrogen-bond acceptors (Lipinski definition) is 1. The fourth-order valence-electron chi connectivity index (χ4n) is 2.90. The summed E-state index contributed by atoms with van der Waals surface area (Å²) in [5.41, 5.74) is 1.03. The Morgan fingerprint density at radius 3 is 2.43 bits per heavy atom. The molecule has 21 heavy (non-hydrogen) atoms. The first-order valence-corrected chi connectivity index (χ1v) is 8.00. The summed E-state index contributed by atoms with van der Waals surface area (Å²) in [7, 11) is 0. The van der Waals surface area contributed by atoms with Crippen molar-refractivity contribution in [3.8, 4) is 0 Å². The van der Waals surface area contributed by atoms with Crippen molar-refractivity contribution in [3.05, 3.63) is 35.6 Å². The molecule has 1 aromatic carbocycles. The number of rotatable bonds is 6. The van der Waals surface area contributed by atoms with Crippen molar-refractivity contribution in [2.75, 3.05) is 13.1 Å². The van der Waals surface area contributed by atoms with E-state index >= 15 is 0 Å². The van der Waals surface area contributed by atoms with Gasteiger partial charge in [-0.3, -0.25) is 0 Å².